The Labute approximate surface area is 250 Å². The number of carbonyl (C=O) groups excluding carboxylic acids is 1. The second-order valence-corrected chi connectivity index (χ2v) is 13.0. The Morgan fingerprint density at radius 3 is 2.34 bits per heavy atom. The van der Waals surface area contributed by atoms with E-state index in [1.54, 1.807) is 0 Å². The molecule has 1 amide bonds. The maximum Gasteiger partial charge on any atom is 0.410 e. The smallest absolute Gasteiger partial charge is 0.410 e. The van der Waals surface area contributed by atoms with Crippen LogP contribution >= 0.6 is 11.6 Å². The monoisotopic (exact) mass is 595 g/mol. The summed E-state index contributed by atoms with van der Waals surface area (Å²) in [5.74, 6) is -1.50. The van der Waals surface area contributed by atoms with Crippen LogP contribution in [0, 0.1) is 6.92 Å². The zero-order valence-corrected chi connectivity index (χ0v) is 26.9. The van der Waals surface area contributed by atoms with E-state index in [1.165, 1.54) is 33.0 Å². The molecule has 2 N–H and O–H groups in total. The molecule has 3 fully saturated rings. The number of carbonyl (C=O) groups is 1. The second kappa shape index (κ2) is 13.5. The minimum absolute atomic E-state index is 0.0280. The molecule has 232 valence electrons. The van der Waals surface area contributed by atoms with Crippen LogP contribution in [-0.4, -0.2) is 89.9 Å². The van der Waals surface area contributed by atoms with Crippen LogP contribution in [-0.2, 0) is 9.47 Å². The largest absolute Gasteiger partial charge is 0.444 e. The predicted octanol–water partition coefficient (Wildman–Crippen LogP) is 5.67. The number of aliphatic hydroxyl groups is 2. The molecule has 3 saturated heterocycles. The third kappa shape index (κ3) is 8.76. The number of likely N-dealkylation sites (tertiary alicyclic amines) is 2. The van der Waals surface area contributed by atoms with Crippen molar-refractivity contribution in [2.75, 3.05) is 26.2 Å². The van der Waals surface area contributed by atoms with Crippen LogP contribution in [0.2, 0.25) is 5.15 Å². The van der Waals surface area contributed by atoms with E-state index in [-0.39, 0.29) is 24.0 Å². The number of piperidine rings is 1. The summed E-state index contributed by atoms with van der Waals surface area (Å²) < 4.78 is 14.3. The Balaban J connectivity index is 0.000000598. The summed E-state index contributed by atoms with van der Waals surface area (Å²) >= 11 is 6.32. The number of aryl methyl sites for hydroxylation is 1. The van der Waals surface area contributed by atoms with Gasteiger partial charge in [-0.2, -0.15) is 0 Å². The quantitative estimate of drug-likeness (QED) is 0.345. The van der Waals surface area contributed by atoms with Gasteiger partial charge in [0.05, 0.1) is 11.5 Å². The fourth-order valence-electron chi connectivity index (χ4n) is 5.99. The number of rotatable bonds is 3. The lowest BCUT2D eigenvalue weighted by atomic mass is 9.85. The van der Waals surface area contributed by atoms with Gasteiger partial charge in [0, 0.05) is 31.4 Å². The molecular formula is C30H50ClN5O5. The van der Waals surface area contributed by atoms with Crippen molar-refractivity contribution in [1.82, 2.24) is 24.3 Å². The number of hydrogen-bond donors (Lipinski definition) is 2. The molecule has 3 aliphatic heterocycles. The van der Waals surface area contributed by atoms with Crippen LogP contribution in [0.3, 0.4) is 0 Å². The first-order valence-corrected chi connectivity index (χ1v) is 15.3. The summed E-state index contributed by atoms with van der Waals surface area (Å²) in [7, 11) is 0. The molecule has 10 nitrogen and oxygen atoms in total. The van der Waals surface area contributed by atoms with Crippen LogP contribution in [0.25, 0.3) is 11.0 Å². The minimum Gasteiger partial charge on any atom is -0.444 e. The molecule has 11 heteroatoms. The minimum atomic E-state index is -1.50. The van der Waals surface area contributed by atoms with Gasteiger partial charge in [-0.3, -0.25) is 4.90 Å². The molecule has 41 heavy (non-hydrogen) atoms. The van der Waals surface area contributed by atoms with E-state index in [4.69, 9.17) is 31.3 Å². The molecule has 0 aromatic carbocycles. The summed E-state index contributed by atoms with van der Waals surface area (Å²) in [6.07, 6.45) is 9.97. The fourth-order valence-corrected chi connectivity index (χ4v) is 6.27. The molecule has 0 radical (unpaired) electrons. The van der Waals surface area contributed by atoms with Gasteiger partial charge < -0.3 is 29.2 Å². The average Bonchev–Trinajstić information content (AvgIpc) is 3.58. The highest BCUT2D eigenvalue weighted by Crippen LogP contribution is 2.41. The zero-order valence-electron chi connectivity index (χ0n) is 26.1. The number of hydrogen-bond acceptors (Lipinski definition) is 8. The van der Waals surface area contributed by atoms with Crippen molar-refractivity contribution in [3.05, 3.63) is 23.2 Å². The Kier molecular flexibility index (Phi) is 11.1. The third-order valence-electron chi connectivity index (χ3n) is 7.66. The van der Waals surface area contributed by atoms with Gasteiger partial charge in [-0.25, -0.2) is 14.8 Å². The van der Waals surface area contributed by atoms with E-state index in [0.29, 0.717) is 5.15 Å². The van der Waals surface area contributed by atoms with E-state index in [1.807, 2.05) is 46.4 Å². The molecule has 0 aliphatic carbocycles. The topological polar surface area (TPSA) is 113 Å². The van der Waals surface area contributed by atoms with Crippen molar-refractivity contribution in [1.29, 1.82) is 0 Å². The van der Waals surface area contributed by atoms with E-state index in [0.717, 1.165) is 68.5 Å². The molecule has 0 bridgehead atoms. The van der Waals surface area contributed by atoms with Gasteiger partial charge in [0.1, 0.15) is 29.0 Å². The Hall–Kier alpha value is -1.98. The lowest BCUT2D eigenvalue weighted by molar-refractivity contribution is -0.127. The molecule has 3 aliphatic rings. The fraction of sp³-hybridized carbons (Fsp3) is 0.767. The summed E-state index contributed by atoms with van der Waals surface area (Å²) in [5.41, 5.74) is 1.64. The van der Waals surface area contributed by atoms with Crippen molar-refractivity contribution in [3.8, 4) is 0 Å². The normalized spacial score (nSPS) is 22.8. The zero-order chi connectivity index (χ0) is 30.6. The molecule has 2 unspecified atom stereocenters. The van der Waals surface area contributed by atoms with Gasteiger partial charge in [-0.05, 0) is 92.2 Å². The number of amides is 1. The summed E-state index contributed by atoms with van der Waals surface area (Å²) in [6, 6.07) is 0. The Morgan fingerprint density at radius 2 is 1.73 bits per heavy atom. The van der Waals surface area contributed by atoms with E-state index in [2.05, 4.69) is 25.6 Å². The van der Waals surface area contributed by atoms with Crippen molar-refractivity contribution >= 4 is 28.7 Å². The van der Waals surface area contributed by atoms with Crippen molar-refractivity contribution in [3.63, 3.8) is 0 Å². The highest BCUT2D eigenvalue weighted by atomic mass is 35.5. The molecule has 5 rings (SSSR count). The highest BCUT2D eigenvalue weighted by Gasteiger charge is 2.45. The molecule has 0 saturated carbocycles. The van der Waals surface area contributed by atoms with Crippen molar-refractivity contribution in [2.24, 2.45) is 0 Å². The molecule has 2 aromatic rings. The standard InChI is InChI=1S/C25H36ClN5O3.C3H8O2.C2H6/c1-17-14-31(22-20(17)21(26)27-16-28-22)19-7-6-18(33-19)15-30-11-5-8-25(30)9-12-29(13-10-25)23(32)34-24(2,3)4;1-3(2,4)5;1-2/h14,16,18-19H,5-13,15H2,1-4H3;4-5H,1-2H3;1-2H3. The number of halogens is 1. The summed E-state index contributed by atoms with van der Waals surface area (Å²) in [5, 5.41) is 17.6. The van der Waals surface area contributed by atoms with Crippen LogP contribution in [0.1, 0.15) is 98.8 Å². The Morgan fingerprint density at radius 1 is 1.10 bits per heavy atom. The van der Waals surface area contributed by atoms with Gasteiger partial charge in [0.2, 0.25) is 0 Å². The van der Waals surface area contributed by atoms with Crippen LogP contribution in [0.4, 0.5) is 4.79 Å². The first-order chi connectivity index (χ1) is 19.2. The lowest BCUT2D eigenvalue weighted by Gasteiger charge is -2.45. The average molecular weight is 596 g/mol. The van der Waals surface area contributed by atoms with Crippen molar-refractivity contribution < 1.29 is 24.5 Å². The van der Waals surface area contributed by atoms with Crippen LogP contribution < -0.4 is 0 Å². The third-order valence-corrected chi connectivity index (χ3v) is 7.95. The molecular weight excluding hydrogens is 546 g/mol. The molecule has 2 aromatic heterocycles. The maximum absolute atomic E-state index is 12.5. The lowest BCUT2D eigenvalue weighted by Crippen LogP contribution is -2.55. The highest BCUT2D eigenvalue weighted by molar-refractivity contribution is 6.34. The van der Waals surface area contributed by atoms with Crippen molar-refractivity contribution in [2.45, 2.75) is 123 Å². The van der Waals surface area contributed by atoms with Crippen LogP contribution in [0.5, 0.6) is 0 Å². The van der Waals surface area contributed by atoms with E-state index >= 15 is 0 Å². The van der Waals surface area contributed by atoms with Gasteiger partial charge in [0.15, 0.2) is 5.79 Å². The van der Waals surface area contributed by atoms with Crippen LogP contribution in [0.15, 0.2) is 12.5 Å². The van der Waals surface area contributed by atoms with Gasteiger partial charge in [0.25, 0.3) is 0 Å². The summed E-state index contributed by atoms with van der Waals surface area (Å²) in [4.78, 5) is 25.7. The van der Waals surface area contributed by atoms with Gasteiger partial charge in [-0.1, -0.05) is 25.4 Å². The Bertz CT molecular complexity index is 1140. The number of fused-ring (bicyclic) bond motifs is 1. The first-order valence-electron chi connectivity index (χ1n) is 15.0. The van der Waals surface area contributed by atoms with Gasteiger partial charge >= 0.3 is 6.09 Å². The van der Waals surface area contributed by atoms with E-state index < -0.39 is 11.4 Å². The second-order valence-electron chi connectivity index (χ2n) is 12.6. The SMILES string of the molecule is CC.CC(C)(O)O.Cc1cn(C2CCC(CN3CCCC34CCN(C(=O)OC(C)(C)C)CC4)O2)c2ncnc(Cl)c12. The number of aromatic nitrogens is 3. The number of ether oxygens (including phenoxy) is 2. The summed E-state index contributed by atoms with van der Waals surface area (Å²) in [6.45, 7) is 18.0. The predicted molar refractivity (Wildman–Crippen MR) is 161 cm³/mol. The molecule has 5 heterocycles. The maximum atomic E-state index is 12.5. The van der Waals surface area contributed by atoms with Gasteiger partial charge in [-0.15, -0.1) is 0 Å². The molecule has 2 atom stereocenters. The number of nitrogens with zero attached hydrogens (tertiary/aromatic N) is 5. The van der Waals surface area contributed by atoms with E-state index in [9.17, 15) is 4.79 Å². The molecule has 1 spiro atoms. The first kappa shape index (κ1) is 33.5.